The molecule has 21 heavy (non-hydrogen) atoms. The van der Waals surface area contributed by atoms with E-state index in [1.54, 1.807) is 11.1 Å². The second-order valence-electron chi connectivity index (χ2n) is 6.00. The van der Waals surface area contributed by atoms with Crippen molar-refractivity contribution in [2.75, 3.05) is 11.4 Å². The van der Waals surface area contributed by atoms with Crippen LogP contribution in [-0.4, -0.2) is 34.2 Å². The van der Waals surface area contributed by atoms with Crippen LogP contribution in [0.3, 0.4) is 0 Å². The molecule has 2 heterocycles. The van der Waals surface area contributed by atoms with Crippen molar-refractivity contribution in [2.45, 2.75) is 52.6 Å². The highest BCUT2D eigenvalue weighted by Gasteiger charge is 2.35. The smallest absolute Gasteiger partial charge is 0.227 e. The number of carbonyl (C=O) groups excluding carboxylic acids is 2. The van der Waals surface area contributed by atoms with Gasteiger partial charge in [-0.25, -0.2) is 0 Å². The summed E-state index contributed by atoms with van der Waals surface area (Å²) in [6, 6.07) is 0.395. The first kappa shape index (κ1) is 15.5. The standard InChI is InChI=1S/C15H24N4O2/c1-5-11(4)17-15(21)12-6-14(20)18(8-12)13-7-16-19(9-13)10(2)3/h7,9-12H,5-6,8H2,1-4H3,(H,17,21)/t11-,12-/m0/s1. The van der Waals surface area contributed by atoms with Crippen molar-refractivity contribution in [2.24, 2.45) is 5.92 Å². The Morgan fingerprint density at radius 1 is 1.48 bits per heavy atom. The van der Waals surface area contributed by atoms with Crippen LogP contribution in [0.4, 0.5) is 5.69 Å². The quantitative estimate of drug-likeness (QED) is 0.898. The summed E-state index contributed by atoms with van der Waals surface area (Å²) >= 11 is 0. The number of rotatable bonds is 5. The molecular weight excluding hydrogens is 268 g/mol. The summed E-state index contributed by atoms with van der Waals surface area (Å²) in [7, 11) is 0. The number of hydrogen-bond acceptors (Lipinski definition) is 3. The van der Waals surface area contributed by atoms with E-state index >= 15 is 0 Å². The molecule has 1 saturated heterocycles. The summed E-state index contributed by atoms with van der Waals surface area (Å²) in [5.41, 5.74) is 0.771. The largest absolute Gasteiger partial charge is 0.353 e. The third kappa shape index (κ3) is 3.43. The molecule has 1 N–H and O–H groups in total. The Labute approximate surface area is 125 Å². The van der Waals surface area contributed by atoms with Crippen LogP contribution in [0.5, 0.6) is 0 Å². The average molecular weight is 292 g/mol. The summed E-state index contributed by atoms with van der Waals surface area (Å²) in [6.07, 6.45) is 4.71. The van der Waals surface area contributed by atoms with Crippen molar-refractivity contribution in [1.82, 2.24) is 15.1 Å². The van der Waals surface area contributed by atoms with E-state index in [2.05, 4.69) is 10.4 Å². The van der Waals surface area contributed by atoms with Crippen LogP contribution >= 0.6 is 0 Å². The maximum absolute atomic E-state index is 12.1. The van der Waals surface area contributed by atoms with Gasteiger partial charge < -0.3 is 10.2 Å². The van der Waals surface area contributed by atoms with Gasteiger partial charge in [-0.2, -0.15) is 5.10 Å². The van der Waals surface area contributed by atoms with E-state index in [1.165, 1.54) is 0 Å². The van der Waals surface area contributed by atoms with Gasteiger partial charge in [0, 0.05) is 31.2 Å². The first-order valence-electron chi connectivity index (χ1n) is 7.57. The monoisotopic (exact) mass is 292 g/mol. The molecule has 2 amide bonds. The molecule has 2 rings (SSSR count). The fourth-order valence-electron chi connectivity index (χ4n) is 2.35. The minimum atomic E-state index is -0.270. The van der Waals surface area contributed by atoms with Gasteiger partial charge in [-0.3, -0.25) is 14.3 Å². The van der Waals surface area contributed by atoms with Crippen LogP contribution in [0.1, 0.15) is 46.6 Å². The number of aromatic nitrogens is 2. The number of amides is 2. The number of nitrogens with zero attached hydrogens (tertiary/aromatic N) is 3. The Morgan fingerprint density at radius 2 is 2.19 bits per heavy atom. The number of nitrogens with one attached hydrogen (secondary N) is 1. The Hall–Kier alpha value is -1.85. The first-order valence-corrected chi connectivity index (χ1v) is 7.57. The van der Waals surface area contributed by atoms with E-state index in [0.717, 1.165) is 12.1 Å². The average Bonchev–Trinajstić information content (AvgIpc) is 3.04. The molecule has 0 aromatic carbocycles. The molecule has 1 aromatic rings. The molecule has 0 aliphatic carbocycles. The number of anilines is 1. The minimum Gasteiger partial charge on any atom is -0.353 e. The highest BCUT2D eigenvalue weighted by atomic mass is 16.2. The van der Waals surface area contributed by atoms with Gasteiger partial charge in [-0.1, -0.05) is 6.92 Å². The molecule has 116 valence electrons. The van der Waals surface area contributed by atoms with Crippen LogP contribution in [0.25, 0.3) is 0 Å². The Bertz CT molecular complexity index is 523. The highest BCUT2D eigenvalue weighted by molar-refractivity contribution is 6.00. The zero-order valence-corrected chi connectivity index (χ0v) is 13.2. The second kappa shape index (κ2) is 6.28. The molecule has 1 fully saturated rings. The van der Waals surface area contributed by atoms with Gasteiger partial charge in [0.1, 0.15) is 0 Å². The van der Waals surface area contributed by atoms with Gasteiger partial charge in [-0.05, 0) is 27.2 Å². The predicted octanol–water partition coefficient (Wildman–Crippen LogP) is 1.73. The van der Waals surface area contributed by atoms with Gasteiger partial charge in [0.05, 0.1) is 17.8 Å². The molecule has 0 unspecified atom stereocenters. The van der Waals surface area contributed by atoms with Gasteiger partial charge in [-0.15, -0.1) is 0 Å². The molecule has 1 aliphatic heterocycles. The molecular formula is C15H24N4O2. The van der Waals surface area contributed by atoms with E-state index in [4.69, 9.17) is 0 Å². The van der Waals surface area contributed by atoms with Crippen LogP contribution in [0, 0.1) is 5.92 Å². The van der Waals surface area contributed by atoms with Gasteiger partial charge in [0.25, 0.3) is 0 Å². The summed E-state index contributed by atoms with van der Waals surface area (Å²) in [6.45, 7) is 8.50. The van der Waals surface area contributed by atoms with Crippen LogP contribution < -0.4 is 10.2 Å². The third-order valence-corrected chi connectivity index (χ3v) is 3.93. The van der Waals surface area contributed by atoms with E-state index in [9.17, 15) is 9.59 Å². The van der Waals surface area contributed by atoms with Crippen molar-refractivity contribution in [3.63, 3.8) is 0 Å². The van der Waals surface area contributed by atoms with E-state index in [-0.39, 0.29) is 36.2 Å². The molecule has 6 heteroatoms. The lowest BCUT2D eigenvalue weighted by Gasteiger charge is -2.16. The predicted molar refractivity (Wildman–Crippen MR) is 81.0 cm³/mol. The lowest BCUT2D eigenvalue weighted by atomic mass is 10.1. The van der Waals surface area contributed by atoms with E-state index < -0.39 is 0 Å². The molecule has 0 bridgehead atoms. The SMILES string of the molecule is CC[C@H](C)NC(=O)[C@H]1CC(=O)N(c2cnn(C(C)C)c2)C1. The summed E-state index contributed by atoms with van der Waals surface area (Å²) in [5.74, 6) is -0.312. The minimum absolute atomic E-state index is 0.0115. The van der Waals surface area contributed by atoms with Crippen molar-refractivity contribution in [1.29, 1.82) is 0 Å². The fraction of sp³-hybridized carbons (Fsp3) is 0.667. The lowest BCUT2D eigenvalue weighted by molar-refractivity contribution is -0.126. The summed E-state index contributed by atoms with van der Waals surface area (Å²) in [4.78, 5) is 25.9. The molecule has 0 spiro atoms. The van der Waals surface area contributed by atoms with Crippen molar-refractivity contribution < 1.29 is 9.59 Å². The maximum Gasteiger partial charge on any atom is 0.227 e. The van der Waals surface area contributed by atoms with Crippen molar-refractivity contribution in [3.8, 4) is 0 Å². The number of carbonyl (C=O) groups is 2. The second-order valence-corrected chi connectivity index (χ2v) is 6.00. The Kier molecular flexibility index (Phi) is 4.65. The van der Waals surface area contributed by atoms with E-state index in [0.29, 0.717) is 6.54 Å². The maximum atomic E-state index is 12.1. The molecule has 0 saturated carbocycles. The fourth-order valence-corrected chi connectivity index (χ4v) is 2.35. The van der Waals surface area contributed by atoms with Gasteiger partial charge in [0.2, 0.25) is 11.8 Å². The molecule has 2 atom stereocenters. The summed E-state index contributed by atoms with van der Waals surface area (Å²) < 4.78 is 1.81. The third-order valence-electron chi connectivity index (χ3n) is 3.93. The van der Waals surface area contributed by atoms with Gasteiger partial charge >= 0.3 is 0 Å². The molecule has 1 aromatic heterocycles. The summed E-state index contributed by atoms with van der Waals surface area (Å²) in [5, 5.41) is 7.20. The van der Waals surface area contributed by atoms with Crippen molar-refractivity contribution in [3.05, 3.63) is 12.4 Å². The molecule has 1 aliphatic rings. The van der Waals surface area contributed by atoms with Crippen LogP contribution in [0.2, 0.25) is 0 Å². The Balaban J connectivity index is 2.03. The lowest BCUT2D eigenvalue weighted by Crippen LogP contribution is -2.38. The number of hydrogen-bond donors (Lipinski definition) is 1. The first-order chi connectivity index (χ1) is 9.92. The Morgan fingerprint density at radius 3 is 2.76 bits per heavy atom. The van der Waals surface area contributed by atoms with Crippen LogP contribution in [0.15, 0.2) is 12.4 Å². The topological polar surface area (TPSA) is 67.2 Å². The zero-order valence-electron chi connectivity index (χ0n) is 13.2. The molecule has 0 radical (unpaired) electrons. The van der Waals surface area contributed by atoms with Crippen LogP contribution in [-0.2, 0) is 9.59 Å². The zero-order chi connectivity index (χ0) is 15.6. The normalized spacial score (nSPS) is 20.1. The highest BCUT2D eigenvalue weighted by Crippen LogP contribution is 2.25. The molecule has 6 nitrogen and oxygen atoms in total. The van der Waals surface area contributed by atoms with E-state index in [1.807, 2.05) is 38.6 Å². The van der Waals surface area contributed by atoms with Gasteiger partial charge in [0.15, 0.2) is 0 Å². The van der Waals surface area contributed by atoms with Crippen molar-refractivity contribution >= 4 is 17.5 Å².